The average molecular weight is 516 g/mol. The molecular formula is C22H15ClF5N3O4. The van der Waals surface area contributed by atoms with Crippen molar-refractivity contribution in [2.45, 2.75) is 37.6 Å². The Labute approximate surface area is 199 Å². The minimum absolute atomic E-state index is 0.0333. The van der Waals surface area contributed by atoms with Crippen LogP contribution < -0.4 is 10.6 Å². The third kappa shape index (κ3) is 4.70. The smallest absolute Gasteiger partial charge is 0.337 e. The van der Waals surface area contributed by atoms with Crippen LogP contribution in [0.5, 0.6) is 0 Å². The van der Waals surface area contributed by atoms with Gasteiger partial charge in [0.2, 0.25) is 11.8 Å². The number of halogens is 6. The van der Waals surface area contributed by atoms with E-state index in [0.717, 1.165) is 6.07 Å². The summed E-state index contributed by atoms with van der Waals surface area (Å²) in [5.41, 5.74) is -0.989. The molecule has 1 saturated heterocycles. The molecule has 35 heavy (non-hydrogen) atoms. The van der Waals surface area contributed by atoms with Crippen LogP contribution in [0, 0.1) is 11.6 Å². The maximum Gasteiger partial charge on any atom is 0.413 e. The van der Waals surface area contributed by atoms with Crippen molar-refractivity contribution < 1.29 is 41.1 Å². The van der Waals surface area contributed by atoms with Crippen molar-refractivity contribution in [2.24, 2.45) is 0 Å². The highest BCUT2D eigenvalue weighted by Gasteiger charge is 2.45. The van der Waals surface area contributed by atoms with Gasteiger partial charge in [0.15, 0.2) is 6.04 Å². The molecule has 2 aromatic carbocycles. The van der Waals surface area contributed by atoms with Gasteiger partial charge in [0.25, 0.3) is 11.8 Å². The zero-order valence-electron chi connectivity index (χ0n) is 17.5. The molecule has 7 nitrogen and oxygen atoms in total. The van der Waals surface area contributed by atoms with Crippen LogP contribution in [0.15, 0.2) is 30.3 Å². The second kappa shape index (κ2) is 8.91. The van der Waals surface area contributed by atoms with Crippen molar-refractivity contribution in [3.63, 3.8) is 0 Å². The number of benzene rings is 2. The lowest BCUT2D eigenvalue weighted by molar-refractivity contribution is -0.155. The fourth-order valence-electron chi connectivity index (χ4n) is 4.08. The van der Waals surface area contributed by atoms with Gasteiger partial charge in [-0.25, -0.2) is 8.78 Å². The van der Waals surface area contributed by atoms with E-state index in [1.807, 2.05) is 0 Å². The first-order chi connectivity index (χ1) is 16.4. The summed E-state index contributed by atoms with van der Waals surface area (Å²) >= 11 is 5.64. The molecule has 184 valence electrons. The van der Waals surface area contributed by atoms with Gasteiger partial charge >= 0.3 is 6.18 Å². The lowest BCUT2D eigenvalue weighted by atomic mass is 10.0. The largest absolute Gasteiger partial charge is 0.413 e. The monoisotopic (exact) mass is 515 g/mol. The fourth-order valence-corrected chi connectivity index (χ4v) is 4.38. The number of piperidine rings is 1. The molecule has 2 atom stereocenters. The van der Waals surface area contributed by atoms with Crippen molar-refractivity contribution >= 4 is 35.2 Å². The Morgan fingerprint density at radius 3 is 2.49 bits per heavy atom. The normalized spacial score (nSPS) is 18.9. The van der Waals surface area contributed by atoms with Crippen molar-refractivity contribution in [1.29, 1.82) is 0 Å². The van der Waals surface area contributed by atoms with E-state index in [0.29, 0.717) is 6.07 Å². The van der Waals surface area contributed by atoms with E-state index in [4.69, 9.17) is 11.6 Å². The van der Waals surface area contributed by atoms with Gasteiger partial charge in [-0.1, -0.05) is 11.6 Å². The lowest BCUT2D eigenvalue weighted by Gasteiger charge is -2.29. The van der Waals surface area contributed by atoms with Crippen molar-refractivity contribution in [3.8, 4) is 0 Å². The van der Waals surface area contributed by atoms with E-state index in [9.17, 15) is 41.1 Å². The molecule has 0 radical (unpaired) electrons. The van der Waals surface area contributed by atoms with Crippen LogP contribution in [-0.4, -0.2) is 40.7 Å². The van der Waals surface area contributed by atoms with Gasteiger partial charge < -0.3 is 10.2 Å². The lowest BCUT2D eigenvalue weighted by Crippen LogP contribution is -2.52. The van der Waals surface area contributed by atoms with E-state index >= 15 is 0 Å². The summed E-state index contributed by atoms with van der Waals surface area (Å²) in [6, 6.07) is 0.445. The van der Waals surface area contributed by atoms with Gasteiger partial charge in [0.05, 0.1) is 5.02 Å². The van der Waals surface area contributed by atoms with Gasteiger partial charge in [-0.15, -0.1) is 0 Å². The van der Waals surface area contributed by atoms with Crippen LogP contribution >= 0.6 is 11.6 Å². The number of carbonyl (C=O) groups excluding carboxylic acids is 4. The molecule has 2 unspecified atom stereocenters. The van der Waals surface area contributed by atoms with Gasteiger partial charge in [-0.3, -0.25) is 24.5 Å². The highest BCUT2D eigenvalue weighted by atomic mass is 35.5. The van der Waals surface area contributed by atoms with E-state index in [-0.39, 0.29) is 42.1 Å². The molecule has 1 fully saturated rings. The Morgan fingerprint density at radius 2 is 1.86 bits per heavy atom. The third-order valence-electron chi connectivity index (χ3n) is 5.72. The summed E-state index contributed by atoms with van der Waals surface area (Å²) in [6.45, 7) is -0.108. The predicted molar refractivity (Wildman–Crippen MR) is 110 cm³/mol. The second-order valence-electron chi connectivity index (χ2n) is 8.00. The summed E-state index contributed by atoms with van der Waals surface area (Å²) in [5.74, 6) is -5.67. The Hall–Kier alpha value is -3.54. The topological polar surface area (TPSA) is 95.6 Å². The average Bonchev–Trinajstić information content (AvgIpc) is 3.07. The zero-order chi connectivity index (χ0) is 25.7. The molecule has 13 heteroatoms. The van der Waals surface area contributed by atoms with Crippen molar-refractivity contribution in [1.82, 2.24) is 15.5 Å². The molecule has 0 aromatic heterocycles. The second-order valence-corrected chi connectivity index (χ2v) is 8.41. The number of fused-ring (bicyclic) bond motifs is 1. The predicted octanol–water partition coefficient (Wildman–Crippen LogP) is 3.41. The number of imide groups is 1. The van der Waals surface area contributed by atoms with Gasteiger partial charge in [0, 0.05) is 35.7 Å². The highest BCUT2D eigenvalue weighted by molar-refractivity contribution is 6.31. The summed E-state index contributed by atoms with van der Waals surface area (Å²) < 4.78 is 68.5. The van der Waals surface area contributed by atoms with Crippen LogP contribution in [0.2, 0.25) is 5.02 Å². The molecule has 0 bridgehead atoms. The summed E-state index contributed by atoms with van der Waals surface area (Å²) in [6.07, 6.45) is -5.03. The molecule has 2 aliphatic rings. The number of alkyl halides is 3. The maximum atomic E-state index is 14.2. The fraction of sp³-hybridized carbons (Fsp3) is 0.273. The van der Waals surface area contributed by atoms with Crippen molar-refractivity contribution in [3.05, 3.63) is 69.2 Å². The van der Waals surface area contributed by atoms with Crippen molar-refractivity contribution in [2.75, 3.05) is 0 Å². The van der Waals surface area contributed by atoms with E-state index in [1.54, 1.807) is 5.32 Å². The van der Waals surface area contributed by atoms with Crippen LogP contribution in [0.1, 0.15) is 50.7 Å². The molecule has 0 saturated carbocycles. The number of hydrogen-bond donors (Lipinski definition) is 2. The summed E-state index contributed by atoms with van der Waals surface area (Å²) in [5, 5.41) is 2.95. The van der Waals surface area contributed by atoms with Crippen LogP contribution in [0.25, 0.3) is 0 Å². The number of carbonyl (C=O) groups is 4. The molecule has 4 rings (SSSR count). The molecule has 2 aromatic rings. The molecule has 2 aliphatic heterocycles. The zero-order valence-corrected chi connectivity index (χ0v) is 18.3. The number of amides is 4. The van der Waals surface area contributed by atoms with Gasteiger partial charge in [0.1, 0.15) is 17.7 Å². The quantitative estimate of drug-likeness (QED) is 0.482. The molecule has 2 N–H and O–H groups in total. The Kier molecular flexibility index (Phi) is 6.26. The molecule has 0 spiro atoms. The van der Waals surface area contributed by atoms with Crippen LogP contribution in [0.4, 0.5) is 22.0 Å². The highest BCUT2D eigenvalue weighted by Crippen LogP contribution is 2.38. The first kappa shape index (κ1) is 24.6. The van der Waals surface area contributed by atoms with Gasteiger partial charge in [-0.2, -0.15) is 13.2 Å². The number of rotatable bonds is 4. The van der Waals surface area contributed by atoms with E-state index in [1.165, 1.54) is 17.0 Å². The summed E-state index contributed by atoms with van der Waals surface area (Å²) in [7, 11) is 0. The van der Waals surface area contributed by atoms with Gasteiger partial charge in [-0.05, 0) is 36.2 Å². The Bertz CT molecular complexity index is 1240. The number of hydrogen-bond acceptors (Lipinski definition) is 4. The summed E-state index contributed by atoms with van der Waals surface area (Å²) in [4.78, 5) is 50.1. The standard InChI is InChI=1S/C22H15ClF5N3O4/c23-13-6-11(24)7-14(25)17(13)18(22(26,27)28)30-19(33)9-1-2-12-10(5-9)8-31(21(12)35)15-3-4-16(32)29-20(15)34/h1-2,5-7,15,18H,3-4,8H2,(H,30,33)(H,29,32,34). The minimum atomic E-state index is -5.17. The molecule has 0 aliphatic carbocycles. The van der Waals surface area contributed by atoms with E-state index in [2.05, 4.69) is 5.32 Å². The number of nitrogens with zero attached hydrogens (tertiary/aromatic N) is 1. The Morgan fingerprint density at radius 1 is 1.14 bits per heavy atom. The van der Waals surface area contributed by atoms with Crippen LogP contribution in [-0.2, 0) is 16.1 Å². The first-order valence-electron chi connectivity index (χ1n) is 10.2. The molecule has 4 amide bonds. The third-order valence-corrected chi connectivity index (χ3v) is 6.03. The molecular weight excluding hydrogens is 501 g/mol. The SMILES string of the molecule is O=C1CCC(N2Cc3cc(C(=O)NC(c4c(F)cc(F)cc4Cl)C(F)(F)F)ccc3C2=O)C(=O)N1. The Balaban J connectivity index is 1.59. The van der Waals surface area contributed by atoms with Crippen LogP contribution in [0.3, 0.4) is 0 Å². The maximum absolute atomic E-state index is 14.2. The van der Waals surface area contributed by atoms with E-state index < -0.39 is 64.1 Å². The first-order valence-corrected chi connectivity index (χ1v) is 10.5. The number of nitrogens with one attached hydrogen (secondary N) is 2. The minimum Gasteiger partial charge on any atom is -0.337 e. The molecule has 2 heterocycles.